The van der Waals surface area contributed by atoms with Gasteiger partial charge in [0.25, 0.3) is 0 Å². The zero-order valence-corrected chi connectivity index (χ0v) is 10.8. The molecule has 16 heavy (non-hydrogen) atoms. The van der Waals surface area contributed by atoms with Crippen LogP contribution in [0.2, 0.25) is 0 Å². The maximum absolute atomic E-state index is 10.9. The minimum atomic E-state index is 0.159. The molecule has 0 fully saturated rings. The molecule has 0 heterocycles. The molecule has 0 aliphatic carbocycles. The van der Waals surface area contributed by atoms with Gasteiger partial charge in [0.2, 0.25) is 0 Å². The Balaban J connectivity index is 4.98. The fourth-order valence-corrected chi connectivity index (χ4v) is 1.19. The molecule has 0 aliphatic rings. The molecule has 4 nitrogen and oxygen atoms in total. The van der Waals surface area contributed by atoms with Gasteiger partial charge in [0.1, 0.15) is 5.71 Å². The van der Waals surface area contributed by atoms with E-state index in [0.717, 1.165) is 0 Å². The molecule has 0 rings (SSSR count). The van der Waals surface area contributed by atoms with Crippen LogP contribution in [0.15, 0.2) is 16.3 Å². The largest absolute Gasteiger partial charge is 0.512 e. The third-order valence-corrected chi connectivity index (χ3v) is 2.48. The van der Waals surface area contributed by atoms with Gasteiger partial charge < -0.3 is 5.11 Å². The first-order valence-corrected chi connectivity index (χ1v) is 5.52. The van der Waals surface area contributed by atoms with Crippen molar-refractivity contribution in [3.63, 3.8) is 0 Å². The van der Waals surface area contributed by atoms with E-state index in [-0.39, 0.29) is 5.76 Å². The number of aliphatic hydroxyl groups is 1. The summed E-state index contributed by atoms with van der Waals surface area (Å²) in [6.07, 6.45) is 0.701. The number of likely N-dealkylation sites (N-methyl/N-ethyl adjacent to an activating group) is 1. The van der Waals surface area contributed by atoms with Crippen molar-refractivity contribution >= 4 is 12.0 Å². The van der Waals surface area contributed by atoms with E-state index in [1.165, 1.54) is 0 Å². The molecule has 92 valence electrons. The average Bonchev–Trinajstić information content (AvgIpc) is 2.22. The summed E-state index contributed by atoms with van der Waals surface area (Å²) in [4.78, 5) is 17.0. The van der Waals surface area contributed by atoms with Gasteiger partial charge in [-0.25, -0.2) is 0 Å². The standard InChI is InChI=1S/C12H22N2O2/c1-6-13-12(8-15)11(10(4)16)7-14(5)9(2)3/h8-9,16H,6-7H2,1-5H3/b11-10+,13-12-. The zero-order chi connectivity index (χ0) is 12.7. The molecule has 0 atom stereocenters. The minimum Gasteiger partial charge on any atom is -0.512 e. The van der Waals surface area contributed by atoms with Crippen molar-refractivity contribution < 1.29 is 9.90 Å². The van der Waals surface area contributed by atoms with Crippen LogP contribution in [0.3, 0.4) is 0 Å². The van der Waals surface area contributed by atoms with Crippen LogP contribution in [0.25, 0.3) is 0 Å². The summed E-state index contributed by atoms with van der Waals surface area (Å²) in [5, 5.41) is 9.58. The number of aliphatic hydroxyl groups excluding tert-OH is 1. The highest BCUT2D eigenvalue weighted by molar-refractivity contribution is 6.36. The van der Waals surface area contributed by atoms with E-state index in [4.69, 9.17) is 0 Å². The maximum Gasteiger partial charge on any atom is 0.168 e. The van der Waals surface area contributed by atoms with Crippen LogP contribution in [0, 0.1) is 0 Å². The van der Waals surface area contributed by atoms with Crippen LogP contribution < -0.4 is 0 Å². The van der Waals surface area contributed by atoms with Gasteiger partial charge in [-0.3, -0.25) is 14.7 Å². The third kappa shape index (κ3) is 4.57. The molecular weight excluding hydrogens is 204 g/mol. The first-order valence-electron chi connectivity index (χ1n) is 5.52. The minimum absolute atomic E-state index is 0.159. The number of aldehydes is 1. The number of carbonyl (C=O) groups excluding carboxylic acids is 1. The Morgan fingerprint density at radius 3 is 2.38 bits per heavy atom. The third-order valence-electron chi connectivity index (χ3n) is 2.48. The number of carbonyl (C=O) groups is 1. The van der Waals surface area contributed by atoms with E-state index in [2.05, 4.69) is 18.8 Å². The lowest BCUT2D eigenvalue weighted by atomic mass is 10.1. The van der Waals surface area contributed by atoms with Crippen LogP contribution >= 0.6 is 0 Å². The van der Waals surface area contributed by atoms with Gasteiger partial charge >= 0.3 is 0 Å². The molecule has 4 heteroatoms. The van der Waals surface area contributed by atoms with Gasteiger partial charge in [-0.1, -0.05) is 0 Å². The summed E-state index contributed by atoms with van der Waals surface area (Å²) in [5.74, 6) is 0.159. The summed E-state index contributed by atoms with van der Waals surface area (Å²) in [6.45, 7) is 8.62. The lowest BCUT2D eigenvalue weighted by Crippen LogP contribution is -2.31. The first kappa shape index (κ1) is 14.8. The molecule has 0 aromatic rings. The van der Waals surface area contributed by atoms with E-state index < -0.39 is 0 Å². The van der Waals surface area contributed by atoms with Crippen LogP contribution in [0.4, 0.5) is 0 Å². The molecule has 0 radical (unpaired) electrons. The number of rotatable bonds is 6. The van der Waals surface area contributed by atoms with Gasteiger partial charge in [-0.15, -0.1) is 0 Å². The Labute approximate surface area is 97.7 Å². The van der Waals surface area contributed by atoms with E-state index >= 15 is 0 Å². The summed E-state index contributed by atoms with van der Waals surface area (Å²) >= 11 is 0. The number of aliphatic imine (C=N–C) groups is 1. The van der Waals surface area contributed by atoms with Crippen LogP contribution in [-0.4, -0.2) is 48.2 Å². The quantitative estimate of drug-likeness (QED) is 0.427. The Kier molecular flexibility index (Phi) is 6.65. The van der Waals surface area contributed by atoms with Crippen molar-refractivity contribution in [2.24, 2.45) is 4.99 Å². The van der Waals surface area contributed by atoms with E-state index in [1.54, 1.807) is 6.92 Å². The molecule has 0 aliphatic heterocycles. The highest BCUT2D eigenvalue weighted by Gasteiger charge is 2.14. The lowest BCUT2D eigenvalue weighted by molar-refractivity contribution is -0.102. The second kappa shape index (κ2) is 7.17. The van der Waals surface area contributed by atoms with E-state index in [0.29, 0.717) is 36.7 Å². The fourth-order valence-electron chi connectivity index (χ4n) is 1.19. The normalized spacial score (nSPS) is 14.3. The Hall–Kier alpha value is -1.16. The van der Waals surface area contributed by atoms with Crippen molar-refractivity contribution in [1.82, 2.24) is 4.90 Å². The highest BCUT2D eigenvalue weighted by atomic mass is 16.3. The van der Waals surface area contributed by atoms with Crippen molar-refractivity contribution in [2.45, 2.75) is 33.7 Å². The van der Waals surface area contributed by atoms with Crippen LogP contribution in [0.1, 0.15) is 27.7 Å². The molecule has 0 aromatic heterocycles. The first-order chi connectivity index (χ1) is 7.43. The number of allylic oxidation sites excluding steroid dienone is 1. The summed E-state index contributed by atoms with van der Waals surface area (Å²) in [6, 6.07) is 0.351. The predicted molar refractivity (Wildman–Crippen MR) is 67.1 cm³/mol. The van der Waals surface area contributed by atoms with E-state index in [1.807, 2.05) is 18.9 Å². The molecule has 0 bridgehead atoms. The topological polar surface area (TPSA) is 52.9 Å². The molecule has 0 spiro atoms. The average molecular weight is 226 g/mol. The maximum atomic E-state index is 10.9. The van der Waals surface area contributed by atoms with Crippen LogP contribution in [-0.2, 0) is 4.79 Å². The number of hydrogen-bond donors (Lipinski definition) is 1. The smallest absolute Gasteiger partial charge is 0.168 e. The van der Waals surface area contributed by atoms with Crippen molar-refractivity contribution in [1.29, 1.82) is 0 Å². The Morgan fingerprint density at radius 1 is 1.50 bits per heavy atom. The second-order valence-corrected chi connectivity index (χ2v) is 4.05. The summed E-state index contributed by atoms with van der Waals surface area (Å²) in [7, 11) is 1.95. The number of hydrogen-bond acceptors (Lipinski definition) is 4. The molecule has 0 aromatic carbocycles. The predicted octanol–water partition coefficient (Wildman–Crippen LogP) is 1.82. The summed E-state index contributed by atoms with van der Waals surface area (Å²) in [5.41, 5.74) is 0.947. The highest BCUT2D eigenvalue weighted by Crippen LogP contribution is 2.07. The summed E-state index contributed by atoms with van der Waals surface area (Å²) < 4.78 is 0. The SMILES string of the molecule is CC/N=C(C=O)\C(CN(C)C(C)C)=C(/C)O. The van der Waals surface area contributed by atoms with Crippen molar-refractivity contribution in [2.75, 3.05) is 20.1 Å². The lowest BCUT2D eigenvalue weighted by Gasteiger charge is -2.22. The Bertz CT molecular complexity index is 289. The molecule has 0 saturated carbocycles. The molecule has 0 unspecified atom stereocenters. The molecule has 0 amide bonds. The fraction of sp³-hybridized carbons (Fsp3) is 0.667. The zero-order valence-electron chi connectivity index (χ0n) is 10.8. The Morgan fingerprint density at radius 2 is 2.06 bits per heavy atom. The van der Waals surface area contributed by atoms with Gasteiger partial charge in [0.15, 0.2) is 6.29 Å². The van der Waals surface area contributed by atoms with Gasteiger partial charge in [-0.05, 0) is 34.7 Å². The molecule has 1 N–H and O–H groups in total. The van der Waals surface area contributed by atoms with E-state index in [9.17, 15) is 9.90 Å². The van der Waals surface area contributed by atoms with Gasteiger partial charge in [0, 0.05) is 24.7 Å². The van der Waals surface area contributed by atoms with Gasteiger partial charge in [0.05, 0.1) is 5.76 Å². The monoisotopic (exact) mass is 226 g/mol. The molecule has 0 saturated heterocycles. The molecular formula is C12H22N2O2. The van der Waals surface area contributed by atoms with Gasteiger partial charge in [-0.2, -0.15) is 0 Å². The van der Waals surface area contributed by atoms with Crippen molar-refractivity contribution in [3.8, 4) is 0 Å². The second-order valence-electron chi connectivity index (χ2n) is 4.05. The van der Waals surface area contributed by atoms with Crippen LogP contribution in [0.5, 0.6) is 0 Å². The van der Waals surface area contributed by atoms with Crippen molar-refractivity contribution in [3.05, 3.63) is 11.3 Å². The number of nitrogens with zero attached hydrogens (tertiary/aromatic N) is 2.